The zero-order chi connectivity index (χ0) is 36.4. The Morgan fingerprint density at radius 2 is 1.63 bits per heavy atom. The molecular formula is C40H48N4O8. The van der Waals surface area contributed by atoms with Crippen LogP contribution in [0.3, 0.4) is 0 Å². The first-order chi connectivity index (χ1) is 25.2. The fourth-order valence-electron chi connectivity index (χ4n) is 8.53. The van der Waals surface area contributed by atoms with Gasteiger partial charge in [-0.25, -0.2) is 0 Å². The minimum absolute atomic E-state index is 0.0923. The van der Waals surface area contributed by atoms with Crippen molar-refractivity contribution in [2.24, 2.45) is 11.8 Å². The smallest absolute Gasteiger partial charge is 0.313 e. The average Bonchev–Trinajstić information content (AvgIpc) is 3.56. The van der Waals surface area contributed by atoms with Crippen LogP contribution < -0.4 is 0 Å². The van der Waals surface area contributed by atoms with Gasteiger partial charge in [0.05, 0.1) is 43.9 Å². The van der Waals surface area contributed by atoms with Gasteiger partial charge in [0.25, 0.3) is 0 Å². The van der Waals surface area contributed by atoms with Crippen LogP contribution in [0.1, 0.15) is 43.0 Å². The van der Waals surface area contributed by atoms with Crippen LogP contribution in [-0.2, 0) is 33.4 Å². The van der Waals surface area contributed by atoms with E-state index in [9.17, 15) is 19.5 Å². The second-order valence-corrected chi connectivity index (χ2v) is 14.3. The van der Waals surface area contributed by atoms with E-state index in [4.69, 9.17) is 14.2 Å². The molecule has 12 heteroatoms. The predicted molar refractivity (Wildman–Crippen MR) is 190 cm³/mol. The Hall–Kier alpha value is -4.36. The summed E-state index contributed by atoms with van der Waals surface area (Å²) in [5.74, 6) is -3.73. The number of nitrogens with zero attached hydrogens (tertiary/aromatic N) is 4. The zero-order valence-corrected chi connectivity index (χ0v) is 29.8. The van der Waals surface area contributed by atoms with Crippen molar-refractivity contribution in [1.29, 1.82) is 0 Å². The van der Waals surface area contributed by atoms with Crippen molar-refractivity contribution >= 4 is 23.7 Å². The first-order valence-corrected chi connectivity index (χ1v) is 18.3. The zero-order valence-electron chi connectivity index (χ0n) is 29.8. The Morgan fingerprint density at radius 1 is 0.923 bits per heavy atom. The molecule has 276 valence electrons. The van der Waals surface area contributed by atoms with Gasteiger partial charge in [-0.05, 0) is 24.5 Å². The van der Waals surface area contributed by atoms with E-state index in [0.29, 0.717) is 50.4 Å². The minimum atomic E-state index is -1.52. The molecule has 2 aromatic rings. The Morgan fingerprint density at radius 3 is 2.35 bits per heavy atom. The fourth-order valence-corrected chi connectivity index (χ4v) is 8.53. The molecule has 52 heavy (non-hydrogen) atoms. The van der Waals surface area contributed by atoms with E-state index in [1.807, 2.05) is 79.7 Å². The number of ether oxygens (including phenoxy) is 3. The number of benzene rings is 2. The van der Waals surface area contributed by atoms with Gasteiger partial charge in [-0.1, -0.05) is 85.0 Å². The number of rotatable bonds is 7. The Kier molecular flexibility index (Phi) is 10.6. The number of esters is 1. The quantitative estimate of drug-likeness (QED) is 0.340. The van der Waals surface area contributed by atoms with E-state index in [2.05, 4.69) is 4.90 Å². The summed E-state index contributed by atoms with van der Waals surface area (Å²) in [6.45, 7) is 5.56. The van der Waals surface area contributed by atoms with Crippen molar-refractivity contribution in [3.05, 3.63) is 96.1 Å². The molecule has 7 rings (SSSR count). The van der Waals surface area contributed by atoms with Crippen LogP contribution in [0.15, 0.2) is 85.0 Å². The molecule has 3 saturated heterocycles. The lowest BCUT2D eigenvalue weighted by Crippen LogP contribution is -2.57. The molecule has 8 atom stereocenters. The average molecular weight is 713 g/mol. The van der Waals surface area contributed by atoms with Gasteiger partial charge < -0.3 is 34.0 Å². The van der Waals surface area contributed by atoms with Gasteiger partial charge in [-0.3, -0.25) is 24.1 Å². The SMILES string of the molecule is C[C@H]1[C@H](c2ccccc2)OC(=O)[C@@H]2[C@H](/C=C\CCC(=O)N1C)O[C@@]13C=CCN(CCN4CCOCC4)C(=O)[C@@H]1N([C@H](CO)c1ccccc1)C(=O)[C@@H]23. The normalized spacial score (nSPS) is 32.6. The number of likely N-dealkylation sites (tertiary alicyclic amines) is 1. The standard InChI is InChI=1S/C40H48N4O8/c1-27-35(29-14-7-4-8-15-29)51-39(49)33-31(16-9-10-17-32(46)41(27)2)52-40-18-11-19-43(21-20-42-22-24-50-25-23-42)38(48)36(40)44(37(47)34(33)40)30(26-45)28-12-5-3-6-13-28/h3-9,11-16,18,27,30-31,33-36,45H,10,17,19-26H2,1-2H3/b16-9-/t27-,30+,31-,33+,34+,35+,36-,40+/m0/s1. The Labute approximate surface area is 304 Å². The van der Waals surface area contributed by atoms with E-state index >= 15 is 4.79 Å². The molecule has 0 bridgehead atoms. The van der Waals surface area contributed by atoms with E-state index in [-0.39, 0.29) is 18.2 Å². The van der Waals surface area contributed by atoms with Gasteiger partial charge in [0, 0.05) is 46.2 Å². The summed E-state index contributed by atoms with van der Waals surface area (Å²) >= 11 is 0. The Bertz CT molecular complexity index is 1680. The molecule has 0 aromatic heterocycles. The number of allylic oxidation sites excluding steroid dienone is 1. The number of aliphatic hydroxyl groups is 1. The lowest BCUT2D eigenvalue weighted by atomic mass is 9.77. The number of amides is 3. The number of hydrogen-bond donors (Lipinski definition) is 1. The number of aliphatic hydroxyl groups excluding tert-OH is 1. The molecule has 1 N–H and O–H groups in total. The largest absolute Gasteiger partial charge is 0.455 e. The summed E-state index contributed by atoms with van der Waals surface area (Å²) < 4.78 is 18.8. The highest BCUT2D eigenvalue weighted by atomic mass is 16.6. The molecule has 3 amide bonds. The lowest BCUT2D eigenvalue weighted by Gasteiger charge is -2.39. The molecule has 0 radical (unpaired) electrons. The highest BCUT2D eigenvalue weighted by Crippen LogP contribution is 2.55. The molecule has 5 aliphatic heterocycles. The van der Waals surface area contributed by atoms with E-state index in [0.717, 1.165) is 13.1 Å². The maximum Gasteiger partial charge on any atom is 0.313 e. The van der Waals surface area contributed by atoms with Crippen LogP contribution in [0.5, 0.6) is 0 Å². The molecule has 5 heterocycles. The predicted octanol–water partition coefficient (Wildman–Crippen LogP) is 2.51. The van der Waals surface area contributed by atoms with Crippen LogP contribution in [0.25, 0.3) is 0 Å². The summed E-state index contributed by atoms with van der Waals surface area (Å²) in [5.41, 5.74) is -0.149. The molecule has 3 fully saturated rings. The molecule has 12 nitrogen and oxygen atoms in total. The van der Waals surface area contributed by atoms with Crippen LogP contribution in [0.4, 0.5) is 0 Å². The highest BCUT2D eigenvalue weighted by molar-refractivity contribution is 5.99. The second-order valence-electron chi connectivity index (χ2n) is 14.3. The number of carbonyl (C=O) groups is 4. The van der Waals surface area contributed by atoms with Crippen molar-refractivity contribution in [1.82, 2.24) is 19.6 Å². The molecule has 0 aliphatic carbocycles. The first kappa shape index (κ1) is 36.0. The monoisotopic (exact) mass is 712 g/mol. The van der Waals surface area contributed by atoms with Gasteiger partial charge in [0.15, 0.2) is 0 Å². The van der Waals surface area contributed by atoms with Crippen molar-refractivity contribution in [2.45, 2.75) is 55.7 Å². The van der Waals surface area contributed by atoms with E-state index < -0.39 is 66.3 Å². The maximum atomic E-state index is 15.1. The van der Waals surface area contributed by atoms with Crippen molar-refractivity contribution in [3.63, 3.8) is 0 Å². The molecule has 0 unspecified atom stereocenters. The summed E-state index contributed by atoms with van der Waals surface area (Å²) in [6, 6.07) is 15.9. The number of carbonyl (C=O) groups excluding carboxylic acids is 4. The van der Waals surface area contributed by atoms with Gasteiger partial charge in [0.2, 0.25) is 17.7 Å². The first-order valence-electron chi connectivity index (χ1n) is 18.3. The van der Waals surface area contributed by atoms with Crippen LogP contribution >= 0.6 is 0 Å². The topological polar surface area (TPSA) is 129 Å². The number of fused-ring (bicyclic) bond motifs is 2. The van der Waals surface area contributed by atoms with Crippen LogP contribution in [-0.4, -0.2) is 132 Å². The summed E-state index contributed by atoms with van der Waals surface area (Å²) in [6.07, 6.45) is 6.11. The molecule has 2 aromatic carbocycles. The number of hydrogen-bond acceptors (Lipinski definition) is 9. The minimum Gasteiger partial charge on any atom is -0.455 e. The van der Waals surface area contributed by atoms with Crippen LogP contribution in [0, 0.1) is 11.8 Å². The van der Waals surface area contributed by atoms with Crippen LogP contribution in [0.2, 0.25) is 0 Å². The molecule has 5 aliphatic rings. The van der Waals surface area contributed by atoms with Crippen molar-refractivity contribution in [2.75, 3.05) is 59.6 Å². The fraction of sp³-hybridized carbons (Fsp3) is 0.500. The third kappa shape index (κ3) is 6.57. The Balaban J connectivity index is 1.30. The van der Waals surface area contributed by atoms with Gasteiger partial charge >= 0.3 is 5.97 Å². The van der Waals surface area contributed by atoms with Gasteiger partial charge in [0.1, 0.15) is 23.7 Å². The maximum absolute atomic E-state index is 15.1. The van der Waals surface area contributed by atoms with Gasteiger partial charge in [-0.2, -0.15) is 0 Å². The number of morpholine rings is 1. The number of cyclic esters (lactones) is 1. The third-order valence-corrected chi connectivity index (χ3v) is 11.4. The molecule has 1 spiro atoms. The highest BCUT2D eigenvalue weighted by Gasteiger charge is 2.72. The van der Waals surface area contributed by atoms with E-state index in [1.54, 1.807) is 29.0 Å². The lowest BCUT2D eigenvalue weighted by molar-refractivity contribution is -0.164. The summed E-state index contributed by atoms with van der Waals surface area (Å²) in [7, 11) is 1.71. The van der Waals surface area contributed by atoms with Crippen molar-refractivity contribution in [3.8, 4) is 0 Å². The van der Waals surface area contributed by atoms with Crippen molar-refractivity contribution < 1.29 is 38.5 Å². The second kappa shape index (κ2) is 15.3. The third-order valence-electron chi connectivity index (χ3n) is 11.4. The summed E-state index contributed by atoms with van der Waals surface area (Å²) in [4.78, 5) is 65.0. The van der Waals surface area contributed by atoms with E-state index in [1.165, 1.54) is 4.90 Å². The van der Waals surface area contributed by atoms with Gasteiger partial charge in [-0.15, -0.1) is 0 Å². The molecule has 0 saturated carbocycles. The number of likely N-dealkylation sites (N-methyl/N-ethyl adjacent to an activating group) is 1. The summed E-state index contributed by atoms with van der Waals surface area (Å²) in [5, 5.41) is 10.9. The molecular weight excluding hydrogens is 664 g/mol.